The van der Waals surface area contributed by atoms with Crippen LogP contribution in [0.4, 0.5) is 0 Å². The summed E-state index contributed by atoms with van der Waals surface area (Å²) in [5.41, 5.74) is 5.76. The molecule has 0 aromatic heterocycles. The number of hydrazine groups is 1. The molecule has 0 spiro atoms. The molecule has 0 saturated heterocycles. The van der Waals surface area contributed by atoms with Gasteiger partial charge in [0, 0.05) is 5.92 Å². The largest absolute Gasteiger partial charge is 0.386 e. The van der Waals surface area contributed by atoms with Crippen LogP contribution in [0.25, 0.3) is 0 Å². The second-order valence-corrected chi connectivity index (χ2v) is 11.4. The summed E-state index contributed by atoms with van der Waals surface area (Å²) in [6.45, 7) is 9.16. The topological polar surface area (TPSA) is 84.7 Å². The van der Waals surface area contributed by atoms with Gasteiger partial charge >= 0.3 is 0 Å². The van der Waals surface area contributed by atoms with Crippen molar-refractivity contribution in [2.24, 2.45) is 69.4 Å². The Morgan fingerprint density at radius 3 is 2.52 bits per heavy atom. The molecule has 0 aromatic carbocycles. The zero-order valence-electron chi connectivity index (χ0n) is 18.9. The van der Waals surface area contributed by atoms with Crippen LogP contribution in [0.5, 0.6) is 0 Å². The van der Waals surface area contributed by atoms with E-state index in [-0.39, 0.29) is 23.7 Å². The molecule has 0 heterocycles. The number of Topliss-reactive ketones (excluding diaryl/α,β-unsaturated/α-hetero) is 1. The Labute approximate surface area is 177 Å². The summed E-state index contributed by atoms with van der Waals surface area (Å²) >= 11 is 0. The van der Waals surface area contributed by atoms with Crippen LogP contribution in [0.3, 0.4) is 0 Å². The highest BCUT2D eigenvalue weighted by Gasteiger charge is 2.60. The lowest BCUT2D eigenvalue weighted by Gasteiger charge is -2.56. The van der Waals surface area contributed by atoms with Crippen LogP contribution in [0.1, 0.15) is 79.1 Å². The number of ketones is 1. The predicted octanol–water partition coefficient (Wildman–Crippen LogP) is 4.17. The number of amidine groups is 1. The van der Waals surface area contributed by atoms with Crippen molar-refractivity contribution >= 4 is 11.6 Å². The van der Waals surface area contributed by atoms with Gasteiger partial charge in [0.15, 0.2) is 5.78 Å². The van der Waals surface area contributed by atoms with E-state index in [1.54, 1.807) is 6.92 Å². The maximum atomic E-state index is 13.2. The fraction of sp³-hybridized carbons (Fsp3) is 0.917. The first-order chi connectivity index (χ1) is 13.7. The number of carbonyl (C=O) groups excluding carboxylic acids is 1. The van der Waals surface area contributed by atoms with Crippen LogP contribution < -0.4 is 11.6 Å². The average molecular weight is 403 g/mol. The van der Waals surface area contributed by atoms with Gasteiger partial charge in [-0.25, -0.2) is 11.0 Å². The highest BCUT2D eigenvalue weighted by molar-refractivity contribution is 5.84. The first-order valence-corrected chi connectivity index (χ1v) is 12.1. The highest BCUT2D eigenvalue weighted by atomic mass is 16.1. The Bertz CT molecular complexity index is 659. The molecule has 5 nitrogen and oxygen atoms in total. The Balaban J connectivity index is 1.51. The molecule has 5 heteroatoms. The molecule has 0 aromatic rings. The number of nitrogens with two attached hydrogens (primary N) is 2. The summed E-state index contributed by atoms with van der Waals surface area (Å²) < 4.78 is 0. The second-order valence-electron chi connectivity index (χ2n) is 11.4. The van der Waals surface area contributed by atoms with Crippen molar-refractivity contribution in [3.63, 3.8) is 0 Å². The standard InChI is InChI=1S/C24H42N4O/c1-14-5-7-18-17(11-14)6-8-20-19(18)9-10-24(4)21(12-15(2)23(20)24)22(29)13-28(26)27-16(3)25/h14-15,17-21,23H,5-13,26H2,1-4H3,(H2,25,27). The summed E-state index contributed by atoms with van der Waals surface area (Å²) in [6.07, 6.45) is 10.7. The van der Waals surface area contributed by atoms with Crippen molar-refractivity contribution in [3.8, 4) is 0 Å². The summed E-state index contributed by atoms with van der Waals surface area (Å²) in [5, 5.41) is 5.27. The molecule has 0 aliphatic heterocycles. The van der Waals surface area contributed by atoms with Crippen molar-refractivity contribution < 1.29 is 4.79 Å². The maximum absolute atomic E-state index is 13.2. The molecule has 4 rings (SSSR count). The van der Waals surface area contributed by atoms with Gasteiger partial charge in [0.05, 0.1) is 0 Å². The van der Waals surface area contributed by atoms with Crippen molar-refractivity contribution in [1.82, 2.24) is 5.12 Å². The van der Waals surface area contributed by atoms with Gasteiger partial charge in [0.1, 0.15) is 12.4 Å². The van der Waals surface area contributed by atoms with Crippen LogP contribution in [0.2, 0.25) is 0 Å². The predicted molar refractivity (Wildman–Crippen MR) is 118 cm³/mol. The average Bonchev–Trinajstić information content (AvgIpc) is 2.91. The molecule has 9 unspecified atom stereocenters. The molecule has 0 radical (unpaired) electrons. The zero-order valence-corrected chi connectivity index (χ0v) is 18.9. The molecule has 0 amide bonds. The lowest BCUT2D eigenvalue weighted by atomic mass is 9.48. The summed E-state index contributed by atoms with van der Waals surface area (Å²) in [5.74, 6) is 12.6. The third-order valence-electron chi connectivity index (χ3n) is 9.52. The summed E-state index contributed by atoms with van der Waals surface area (Å²) in [4.78, 5) is 13.2. The zero-order chi connectivity index (χ0) is 20.9. The molecule has 4 N–H and O–H groups in total. The van der Waals surface area contributed by atoms with Gasteiger partial charge in [0.25, 0.3) is 0 Å². The molecule has 4 saturated carbocycles. The molecule has 4 aliphatic rings. The summed E-state index contributed by atoms with van der Waals surface area (Å²) in [6, 6.07) is 0. The van der Waals surface area contributed by atoms with E-state index >= 15 is 0 Å². The van der Waals surface area contributed by atoms with Gasteiger partial charge < -0.3 is 5.73 Å². The number of hydrogen-bond donors (Lipinski definition) is 2. The third kappa shape index (κ3) is 3.73. The maximum Gasteiger partial charge on any atom is 0.159 e. The Morgan fingerprint density at radius 2 is 1.79 bits per heavy atom. The quantitative estimate of drug-likeness (QED) is 0.320. The lowest BCUT2D eigenvalue weighted by molar-refractivity contribution is -0.132. The number of carbonyl (C=O) groups is 1. The molecule has 29 heavy (non-hydrogen) atoms. The van der Waals surface area contributed by atoms with Gasteiger partial charge in [-0.2, -0.15) is 0 Å². The third-order valence-corrected chi connectivity index (χ3v) is 9.52. The van der Waals surface area contributed by atoms with Gasteiger partial charge in [-0.3, -0.25) is 4.79 Å². The van der Waals surface area contributed by atoms with Gasteiger partial charge in [0.2, 0.25) is 0 Å². The smallest absolute Gasteiger partial charge is 0.159 e. The van der Waals surface area contributed by atoms with E-state index < -0.39 is 0 Å². The Kier molecular flexibility index (Phi) is 5.73. The van der Waals surface area contributed by atoms with E-state index in [4.69, 9.17) is 11.6 Å². The minimum absolute atomic E-state index is 0.117. The molecule has 4 fully saturated rings. The fourth-order valence-electron chi connectivity index (χ4n) is 8.64. The molecule has 4 aliphatic carbocycles. The SMILES string of the molecule is C/C(N)=N/N(N)CC(=O)C1CC(C)C2C3CCC4CC(C)CCC4C3CCC12C. The van der Waals surface area contributed by atoms with E-state index in [1.165, 1.54) is 50.1 Å². The van der Waals surface area contributed by atoms with Crippen molar-refractivity contribution in [2.45, 2.75) is 79.1 Å². The van der Waals surface area contributed by atoms with Crippen molar-refractivity contribution in [3.05, 3.63) is 0 Å². The van der Waals surface area contributed by atoms with Gasteiger partial charge in [-0.15, -0.1) is 5.10 Å². The van der Waals surface area contributed by atoms with Crippen LogP contribution >= 0.6 is 0 Å². The van der Waals surface area contributed by atoms with Gasteiger partial charge in [-0.05, 0) is 98.7 Å². The van der Waals surface area contributed by atoms with E-state index in [1.807, 2.05) is 0 Å². The Morgan fingerprint density at radius 1 is 1.07 bits per heavy atom. The lowest BCUT2D eigenvalue weighted by Crippen LogP contribution is -2.50. The van der Waals surface area contributed by atoms with Crippen molar-refractivity contribution in [1.29, 1.82) is 0 Å². The first kappa shape index (κ1) is 21.1. The number of rotatable bonds is 4. The molecular weight excluding hydrogens is 360 g/mol. The number of hydrazone groups is 1. The normalized spacial score (nSPS) is 47.1. The molecule has 0 bridgehead atoms. The van der Waals surface area contributed by atoms with Crippen LogP contribution in [-0.4, -0.2) is 23.3 Å². The molecule has 164 valence electrons. The van der Waals surface area contributed by atoms with Crippen molar-refractivity contribution in [2.75, 3.05) is 6.54 Å². The van der Waals surface area contributed by atoms with E-state index in [0.29, 0.717) is 17.7 Å². The van der Waals surface area contributed by atoms with Crippen LogP contribution in [0.15, 0.2) is 5.10 Å². The van der Waals surface area contributed by atoms with Gasteiger partial charge in [-0.1, -0.05) is 27.2 Å². The number of hydrogen-bond acceptors (Lipinski definition) is 4. The monoisotopic (exact) mass is 402 g/mol. The van der Waals surface area contributed by atoms with E-state index in [0.717, 1.165) is 36.0 Å². The van der Waals surface area contributed by atoms with Crippen LogP contribution in [-0.2, 0) is 4.79 Å². The Hall–Kier alpha value is -1.10. The highest BCUT2D eigenvalue weighted by Crippen LogP contribution is 2.66. The number of fused-ring (bicyclic) bond motifs is 5. The summed E-state index contributed by atoms with van der Waals surface area (Å²) in [7, 11) is 0. The van der Waals surface area contributed by atoms with E-state index in [2.05, 4.69) is 25.9 Å². The number of nitrogens with zero attached hydrogens (tertiary/aromatic N) is 2. The first-order valence-electron chi connectivity index (χ1n) is 12.1. The minimum atomic E-state index is 0.117. The fourth-order valence-corrected chi connectivity index (χ4v) is 8.64. The molecule has 9 atom stereocenters. The minimum Gasteiger partial charge on any atom is -0.386 e. The van der Waals surface area contributed by atoms with Crippen LogP contribution in [0, 0.1) is 52.8 Å². The molecular formula is C24H42N4O. The second kappa shape index (κ2) is 7.86. The van der Waals surface area contributed by atoms with E-state index in [9.17, 15) is 4.79 Å².